The van der Waals surface area contributed by atoms with Gasteiger partial charge in [0, 0.05) is 13.3 Å². The van der Waals surface area contributed by atoms with Gasteiger partial charge in [-0.1, -0.05) is 6.07 Å². The predicted octanol–water partition coefficient (Wildman–Crippen LogP) is 2.36. The average Bonchev–Trinajstić information content (AvgIpc) is 2.35. The van der Waals surface area contributed by atoms with Gasteiger partial charge >= 0.3 is 0 Å². The number of methoxy groups -OCH3 is 1. The molecule has 1 N–H and O–H groups in total. The average molecular weight is 324 g/mol. The molecule has 0 saturated carbocycles. The summed E-state index contributed by atoms with van der Waals surface area (Å²) in [6.45, 7) is 4.17. The van der Waals surface area contributed by atoms with Gasteiger partial charge in [-0.3, -0.25) is 9.78 Å². The molecule has 0 spiro atoms. The normalized spacial score (nSPS) is 10.7. The summed E-state index contributed by atoms with van der Waals surface area (Å²) in [6.07, 6.45) is 1.75. The summed E-state index contributed by atoms with van der Waals surface area (Å²) >= 11 is 3.21. The van der Waals surface area contributed by atoms with E-state index in [2.05, 4.69) is 30.9 Å². The molecule has 2 rings (SSSR count). The highest BCUT2D eigenvalue weighted by atomic mass is 79.9. The second-order valence-corrected chi connectivity index (χ2v) is 5.08. The second-order valence-electron chi connectivity index (χ2n) is 4.29. The van der Waals surface area contributed by atoms with Crippen molar-refractivity contribution >= 4 is 15.9 Å². The highest BCUT2D eigenvalue weighted by Gasteiger charge is 2.12. The monoisotopic (exact) mass is 323 g/mol. The third kappa shape index (κ3) is 2.90. The Hall–Kier alpha value is -1.53. The minimum absolute atomic E-state index is 0.237. The number of nitrogens with one attached hydrogen (secondary N) is 1. The van der Waals surface area contributed by atoms with E-state index in [1.807, 2.05) is 19.9 Å². The van der Waals surface area contributed by atoms with Gasteiger partial charge in [0.2, 0.25) is 0 Å². The number of rotatable bonds is 3. The number of hydrogen-bond donors (Lipinski definition) is 1. The number of pyridine rings is 1. The highest BCUT2D eigenvalue weighted by molar-refractivity contribution is 9.10. The van der Waals surface area contributed by atoms with E-state index in [1.165, 1.54) is 0 Å². The van der Waals surface area contributed by atoms with Crippen LogP contribution in [0.2, 0.25) is 0 Å². The van der Waals surface area contributed by atoms with Gasteiger partial charge in [-0.2, -0.15) is 0 Å². The summed E-state index contributed by atoms with van der Waals surface area (Å²) in [7, 11) is 1.56. The van der Waals surface area contributed by atoms with E-state index in [9.17, 15) is 4.79 Å². The van der Waals surface area contributed by atoms with Crippen LogP contribution in [0.5, 0.6) is 0 Å². The summed E-state index contributed by atoms with van der Waals surface area (Å²) < 4.78 is 5.43. The molecule has 0 fully saturated rings. The van der Waals surface area contributed by atoms with Crippen molar-refractivity contribution in [3.63, 3.8) is 0 Å². The van der Waals surface area contributed by atoms with Crippen LogP contribution in [-0.2, 0) is 11.3 Å². The molecule has 2 aromatic rings. The summed E-state index contributed by atoms with van der Waals surface area (Å²) in [5.74, 6) is 0.456. The van der Waals surface area contributed by atoms with E-state index in [0.29, 0.717) is 21.7 Å². The quantitative estimate of drug-likeness (QED) is 0.941. The maximum Gasteiger partial charge on any atom is 0.265 e. The molecular weight excluding hydrogens is 310 g/mol. The molecule has 6 heteroatoms. The fourth-order valence-electron chi connectivity index (χ4n) is 1.81. The van der Waals surface area contributed by atoms with E-state index in [-0.39, 0.29) is 12.2 Å². The number of aromatic amines is 1. The number of nitrogens with zero attached hydrogens (tertiary/aromatic N) is 2. The third-order valence-electron chi connectivity index (χ3n) is 2.65. The van der Waals surface area contributed by atoms with Crippen LogP contribution in [0.25, 0.3) is 11.5 Å². The fourth-order valence-corrected chi connectivity index (χ4v) is 2.12. The zero-order chi connectivity index (χ0) is 14.0. The molecule has 0 aromatic carbocycles. The number of halogens is 1. The predicted molar refractivity (Wildman–Crippen MR) is 76.0 cm³/mol. The van der Waals surface area contributed by atoms with Crippen molar-refractivity contribution < 1.29 is 4.74 Å². The Bertz CT molecular complexity index is 667. The van der Waals surface area contributed by atoms with Gasteiger partial charge < -0.3 is 9.72 Å². The van der Waals surface area contributed by atoms with Crippen molar-refractivity contribution in [1.29, 1.82) is 0 Å². The lowest BCUT2D eigenvalue weighted by Gasteiger charge is -2.08. The van der Waals surface area contributed by atoms with Crippen molar-refractivity contribution in [2.45, 2.75) is 20.5 Å². The zero-order valence-electron chi connectivity index (χ0n) is 11.0. The van der Waals surface area contributed by atoms with Crippen molar-refractivity contribution in [2.24, 2.45) is 0 Å². The molecule has 0 atom stereocenters. The first-order chi connectivity index (χ1) is 9.02. The molecule has 19 heavy (non-hydrogen) atoms. The summed E-state index contributed by atoms with van der Waals surface area (Å²) in [6, 6.07) is 2.00. The molecule has 0 unspecified atom stereocenters. The number of H-pyrrole nitrogens is 1. The minimum atomic E-state index is -0.237. The standard InChI is InChI=1S/C13H14BrN3O2/c1-7-4-8(2)11(15-5-7)12-16-9(6-19-3)10(14)13(18)17-12/h4-5H,6H2,1-3H3,(H,16,17,18). The summed E-state index contributed by atoms with van der Waals surface area (Å²) in [5, 5.41) is 0. The molecule has 100 valence electrons. The van der Waals surface area contributed by atoms with Gasteiger partial charge in [-0.15, -0.1) is 0 Å². The van der Waals surface area contributed by atoms with E-state index in [4.69, 9.17) is 4.74 Å². The van der Waals surface area contributed by atoms with Crippen LogP contribution in [0.15, 0.2) is 21.5 Å². The van der Waals surface area contributed by atoms with Crippen LogP contribution in [0.3, 0.4) is 0 Å². The molecule has 0 aliphatic carbocycles. The van der Waals surface area contributed by atoms with Gasteiger partial charge in [0.05, 0.1) is 12.3 Å². The number of hydrogen-bond acceptors (Lipinski definition) is 4. The van der Waals surface area contributed by atoms with Gasteiger partial charge in [0.25, 0.3) is 5.56 Å². The third-order valence-corrected chi connectivity index (χ3v) is 3.47. The van der Waals surface area contributed by atoms with Crippen LogP contribution in [0.1, 0.15) is 16.8 Å². The number of aryl methyl sites for hydroxylation is 2. The Kier molecular flexibility index (Phi) is 4.11. The molecule has 0 aliphatic heterocycles. The topological polar surface area (TPSA) is 67.9 Å². The molecule has 2 aromatic heterocycles. The molecule has 0 radical (unpaired) electrons. The lowest BCUT2D eigenvalue weighted by molar-refractivity contribution is 0.180. The number of ether oxygens (including phenoxy) is 1. The maximum atomic E-state index is 11.9. The Balaban J connectivity index is 2.59. The molecule has 2 heterocycles. The van der Waals surface area contributed by atoms with Crippen molar-refractivity contribution in [1.82, 2.24) is 15.0 Å². The van der Waals surface area contributed by atoms with E-state index >= 15 is 0 Å². The lowest BCUT2D eigenvalue weighted by Crippen LogP contribution is -2.15. The van der Waals surface area contributed by atoms with Crippen LogP contribution in [0.4, 0.5) is 0 Å². The van der Waals surface area contributed by atoms with Crippen molar-refractivity contribution in [3.05, 3.63) is 43.9 Å². The minimum Gasteiger partial charge on any atom is -0.378 e. The first kappa shape index (κ1) is 13.9. The molecule has 0 saturated heterocycles. The van der Waals surface area contributed by atoms with E-state index in [1.54, 1.807) is 13.3 Å². The highest BCUT2D eigenvalue weighted by Crippen LogP contribution is 2.19. The Morgan fingerprint density at radius 2 is 2.16 bits per heavy atom. The van der Waals surface area contributed by atoms with Crippen LogP contribution < -0.4 is 5.56 Å². The molecule has 0 amide bonds. The maximum absolute atomic E-state index is 11.9. The zero-order valence-corrected chi connectivity index (χ0v) is 12.5. The summed E-state index contributed by atoms with van der Waals surface area (Å²) in [5.41, 5.74) is 3.03. The Morgan fingerprint density at radius 1 is 1.42 bits per heavy atom. The molecular formula is C13H14BrN3O2. The number of aromatic nitrogens is 3. The van der Waals surface area contributed by atoms with Crippen LogP contribution in [0, 0.1) is 13.8 Å². The lowest BCUT2D eigenvalue weighted by atomic mass is 10.1. The van der Waals surface area contributed by atoms with Gasteiger partial charge in [0.1, 0.15) is 10.2 Å². The Labute approximate surface area is 119 Å². The fraction of sp³-hybridized carbons (Fsp3) is 0.308. The first-order valence-electron chi connectivity index (χ1n) is 5.74. The van der Waals surface area contributed by atoms with E-state index in [0.717, 1.165) is 11.1 Å². The summed E-state index contributed by atoms with van der Waals surface area (Å²) in [4.78, 5) is 23.3. The van der Waals surface area contributed by atoms with Gasteiger partial charge in [0.15, 0.2) is 5.82 Å². The Morgan fingerprint density at radius 3 is 2.79 bits per heavy atom. The molecule has 5 nitrogen and oxygen atoms in total. The van der Waals surface area contributed by atoms with E-state index < -0.39 is 0 Å². The van der Waals surface area contributed by atoms with Gasteiger partial charge in [-0.05, 0) is 40.9 Å². The largest absolute Gasteiger partial charge is 0.378 e. The van der Waals surface area contributed by atoms with Crippen molar-refractivity contribution in [3.8, 4) is 11.5 Å². The van der Waals surface area contributed by atoms with Crippen LogP contribution in [-0.4, -0.2) is 22.1 Å². The van der Waals surface area contributed by atoms with Crippen molar-refractivity contribution in [2.75, 3.05) is 7.11 Å². The first-order valence-corrected chi connectivity index (χ1v) is 6.53. The molecule has 0 aliphatic rings. The van der Waals surface area contributed by atoms with Gasteiger partial charge in [-0.25, -0.2) is 4.98 Å². The second kappa shape index (κ2) is 5.63. The van der Waals surface area contributed by atoms with Crippen LogP contribution >= 0.6 is 15.9 Å². The SMILES string of the molecule is COCc1nc(-c2ncc(C)cc2C)[nH]c(=O)c1Br. The molecule has 0 bridgehead atoms. The smallest absolute Gasteiger partial charge is 0.265 e.